The van der Waals surface area contributed by atoms with Crippen molar-refractivity contribution in [2.75, 3.05) is 13.2 Å². The summed E-state index contributed by atoms with van der Waals surface area (Å²) in [6.45, 7) is 4.76. The molecule has 0 aromatic heterocycles. The van der Waals surface area contributed by atoms with E-state index in [9.17, 15) is 0 Å². The molecular weight excluding hydrogens is 222 g/mol. The summed E-state index contributed by atoms with van der Waals surface area (Å²) >= 11 is 0. The highest BCUT2D eigenvalue weighted by atomic mass is 16.5. The van der Waals surface area contributed by atoms with Gasteiger partial charge in [0.05, 0.1) is 6.61 Å². The molecule has 0 amide bonds. The van der Waals surface area contributed by atoms with Crippen LogP contribution in [0.15, 0.2) is 35.9 Å². The predicted octanol–water partition coefficient (Wildman–Crippen LogP) is 3.68. The summed E-state index contributed by atoms with van der Waals surface area (Å²) in [6, 6.07) is 8.35. The van der Waals surface area contributed by atoms with Gasteiger partial charge in [-0.15, -0.1) is 0 Å². The van der Waals surface area contributed by atoms with Crippen LogP contribution < -0.4 is 10.1 Å². The van der Waals surface area contributed by atoms with Crippen molar-refractivity contribution < 1.29 is 4.74 Å². The van der Waals surface area contributed by atoms with Gasteiger partial charge in [-0.1, -0.05) is 23.8 Å². The fourth-order valence-corrected chi connectivity index (χ4v) is 2.32. The summed E-state index contributed by atoms with van der Waals surface area (Å²) in [5, 5.41) is 3.50. The molecule has 1 N–H and O–H groups in total. The Morgan fingerprint density at radius 2 is 2.06 bits per heavy atom. The van der Waals surface area contributed by atoms with Crippen LogP contribution in [-0.2, 0) is 6.54 Å². The minimum absolute atomic E-state index is 0.729. The molecule has 0 spiro atoms. The van der Waals surface area contributed by atoms with Crippen molar-refractivity contribution in [1.29, 1.82) is 0 Å². The Bertz CT molecular complexity index is 381. The fraction of sp³-hybridized carbons (Fsp3) is 0.500. The molecule has 1 aliphatic carbocycles. The number of nitrogens with one attached hydrogen (secondary N) is 1. The molecule has 0 bridgehead atoms. The van der Waals surface area contributed by atoms with E-state index in [1.165, 1.54) is 31.2 Å². The molecule has 1 aromatic rings. The Labute approximate surface area is 110 Å². The number of hydrogen-bond donors (Lipinski definition) is 1. The van der Waals surface area contributed by atoms with Crippen molar-refractivity contribution in [3.63, 3.8) is 0 Å². The van der Waals surface area contributed by atoms with E-state index < -0.39 is 0 Å². The van der Waals surface area contributed by atoms with E-state index in [0.717, 1.165) is 25.4 Å². The molecule has 1 aromatic carbocycles. The van der Waals surface area contributed by atoms with Crippen molar-refractivity contribution in [3.8, 4) is 5.75 Å². The van der Waals surface area contributed by atoms with Crippen LogP contribution in [0.25, 0.3) is 0 Å². The van der Waals surface area contributed by atoms with Gasteiger partial charge in [-0.05, 0) is 56.8 Å². The van der Waals surface area contributed by atoms with Gasteiger partial charge in [-0.2, -0.15) is 0 Å². The van der Waals surface area contributed by atoms with Crippen LogP contribution in [0.3, 0.4) is 0 Å². The van der Waals surface area contributed by atoms with Crippen molar-refractivity contribution in [2.45, 2.75) is 39.2 Å². The van der Waals surface area contributed by atoms with Gasteiger partial charge in [-0.3, -0.25) is 0 Å². The Kier molecular flexibility index (Phi) is 5.28. The zero-order valence-corrected chi connectivity index (χ0v) is 11.2. The molecule has 0 saturated carbocycles. The lowest BCUT2D eigenvalue weighted by Crippen LogP contribution is -2.15. The normalized spacial score (nSPS) is 14.6. The minimum Gasteiger partial charge on any atom is -0.494 e. The van der Waals surface area contributed by atoms with Gasteiger partial charge in [0, 0.05) is 6.54 Å². The highest BCUT2D eigenvalue weighted by Gasteiger charge is 2.03. The van der Waals surface area contributed by atoms with Crippen LogP contribution in [0.1, 0.15) is 38.2 Å². The van der Waals surface area contributed by atoms with Crippen LogP contribution in [0.5, 0.6) is 5.75 Å². The zero-order chi connectivity index (χ0) is 12.6. The topological polar surface area (TPSA) is 21.3 Å². The summed E-state index contributed by atoms with van der Waals surface area (Å²) in [6.07, 6.45) is 7.56. The number of rotatable bonds is 7. The van der Waals surface area contributed by atoms with E-state index in [-0.39, 0.29) is 0 Å². The number of benzene rings is 1. The quantitative estimate of drug-likeness (QED) is 0.584. The summed E-state index contributed by atoms with van der Waals surface area (Å²) in [4.78, 5) is 0. The lowest BCUT2D eigenvalue weighted by molar-refractivity contribution is 0.340. The predicted molar refractivity (Wildman–Crippen MR) is 75.9 cm³/mol. The van der Waals surface area contributed by atoms with Gasteiger partial charge in [-0.25, -0.2) is 0 Å². The highest BCUT2D eigenvalue weighted by molar-refractivity contribution is 5.27. The fourth-order valence-electron chi connectivity index (χ4n) is 2.32. The Balaban J connectivity index is 1.66. The number of hydrogen-bond acceptors (Lipinski definition) is 2. The van der Waals surface area contributed by atoms with Gasteiger partial charge in [0.2, 0.25) is 0 Å². The van der Waals surface area contributed by atoms with E-state index in [0.29, 0.717) is 0 Å². The third kappa shape index (κ3) is 4.19. The van der Waals surface area contributed by atoms with Crippen LogP contribution in [-0.4, -0.2) is 13.2 Å². The molecule has 1 aliphatic rings. The molecule has 2 rings (SSSR count). The number of ether oxygens (including phenoxy) is 1. The first kappa shape index (κ1) is 13.2. The van der Waals surface area contributed by atoms with Gasteiger partial charge < -0.3 is 10.1 Å². The van der Waals surface area contributed by atoms with E-state index in [4.69, 9.17) is 4.74 Å². The van der Waals surface area contributed by atoms with Gasteiger partial charge in [0.15, 0.2) is 0 Å². The molecule has 0 aliphatic heterocycles. The van der Waals surface area contributed by atoms with E-state index in [2.05, 4.69) is 23.5 Å². The first-order valence-electron chi connectivity index (χ1n) is 6.99. The molecular formula is C16H23NO. The maximum Gasteiger partial charge on any atom is 0.119 e. The summed E-state index contributed by atoms with van der Waals surface area (Å²) in [5.74, 6) is 0.956. The largest absolute Gasteiger partial charge is 0.494 e. The standard InChI is InChI=1S/C16H23NO/c1-2-18-16-9-7-15(8-10-16)13-17-12-11-14-5-3-4-6-14/h5,7-10,17H,2-4,6,11-13H2,1H3. The molecule has 0 unspecified atom stereocenters. The van der Waals surface area contributed by atoms with E-state index >= 15 is 0 Å². The van der Waals surface area contributed by atoms with Crippen molar-refractivity contribution >= 4 is 0 Å². The third-order valence-electron chi connectivity index (χ3n) is 3.32. The SMILES string of the molecule is CCOc1ccc(CNCCC2=CCCC2)cc1. The van der Waals surface area contributed by atoms with Crippen LogP contribution in [0.4, 0.5) is 0 Å². The van der Waals surface area contributed by atoms with E-state index in [1.807, 2.05) is 19.1 Å². The smallest absolute Gasteiger partial charge is 0.119 e. The van der Waals surface area contributed by atoms with Gasteiger partial charge >= 0.3 is 0 Å². The Morgan fingerprint density at radius 3 is 2.72 bits per heavy atom. The molecule has 0 heterocycles. The van der Waals surface area contributed by atoms with Crippen LogP contribution in [0, 0.1) is 0 Å². The van der Waals surface area contributed by atoms with Crippen molar-refractivity contribution in [1.82, 2.24) is 5.32 Å². The summed E-state index contributed by atoms with van der Waals surface area (Å²) in [5.41, 5.74) is 2.95. The summed E-state index contributed by atoms with van der Waals surface area (Å²) < 4.78 is 5.43. The Morgan fingerprint density at radius 1 is 1.22 bits per heavy atom. The molecule has 0 fully saturated rings. The second-order valence-electron chi connectivity index (χ2n) is 4.76. The first-order valence-corrected chi connectivity index (χ1v) is 6.99. The molecule has 18 heavy (non-hydrogen) atoms. The molecule has 98 valence electrons. The van der Waals surface area contributed by atoms with Gasteiger partial charge in [0.25, 0.3) is 0 Å². The highest BCUT2D eigenvalue weighted by Crippen LogP contribution is 2.19. The summed E-state index contributed by atoms with van der Waals surface area (Å²) in [7, 11) is 0. The maximum absolute atomic E-state index is 5.43. The monoisotopic (exact) mass is 245 g/mol. The van der Waals surface area contributed by atoms with Crippen molar-refractivity contribution in [3.05, 3.63) is 41.5 Å². The molecule has 2 nitrogen and oxygen atoms in total. The van der Waals surface area contributed by atoms with Crippen LogP contribution in [0.2, 0.25) is 0 Å². The molecule has 2 heteroatoms. The Hall–Kier alpha value is -1.28. The minimum atomic E-state index is 0.729. The van der Waals surface area contributed by atoms with Gasteiger partial charge in [0.1, 0.15) is 5.75 Å². The third-order valence-corrected chi connectivity index (χ3v) is 3.32. The van der Waals surface area contributed by atoms with Crippen molar-refractivity contribution in [2.24, 2.45) is 0 Å². The lowest BCUT2D eigenvalue weighted by Gasteiger charge is -2.07. The van der Waals surface area contributed by atoms with E-state index in [1.54, 1.807) is 5.57 Å². The zero-order valence-electron chi connectivity index (χ0n) is 11.2. The second kappa shape index (κ2) is 7.22. The molecule has 0 atom stereocenters. The molecule has 0 radical (unpaired) electrons. The average molecular weight is 245 g/mol. The molecule has 0 saturated heterocycles. The maximum atomic E-state index is 5.43. The first-order chi connectivity index (χ1) is 8.88. The van der Waals surface area contributed by atoms with Crippen LogP contribution >= 0.6 is 0 Å². The number of allylic oxidation sites excluding steroid dienone is 1. The lowest BCUT2D eigenvalue weighted by atomic mass is 10.1. The second-order valence-corrected chi connectivity index (χ2v) is 4.76. The average Bonchev–Trinajstić information content (AvgIpc) is 2.90.